The Bertz CT molecular complexity index is 1080. The summed E-state index contributed by atoms with van der Waals surface area (Å²) < 4.78 is 9.09. The van der Waals surface area contributed by atoms with Gasteiger partial charge < -0.3 is 0 Å². The van der Waals surface area contributed by atoms with Crippen LogP contribution in [0.4, 0.5) is 0 Å². The predicted molar refractivity (Wildman–Crippen MR) is 150 cm³/mol. The number of halogens is 3. The summed E-state index contributed by atoms with van der Waals surface area (Å²) in [7, 11) is 15.5. The third-order valence-electron chi connectivity index (χ3n) is 6.19. The van der Waals surface area contributed by atoms with Crippen molar-refractivity contribution < 1.29 is 0 Å². The molecule has 0 saturated carbocycles. The van der Waals surface area contributed by atoms with E-state index in [4.69, 9.17) is 34.0 Å². The fourth-order valence-electron chi connectivity index (χ4n) is 4.53. The van der Waals surface area contributed by atoms with Crippen molar-refractivity contribution >= 4 is 40.7 Å². The molecule has 2 aromatic carbocycles. The van der Waals surface area contributed by atoms with E-state index in [0.717, 1.165) is 11.4 Å². The Morgan fingerprint density at radius 2 is 0.882 bits per heavy atom. The van der Waals surface area contributed by atoms with Gasteiger partial charge in [0.15, 0.2) is 0 Å². The molecule has 0 bridgehead atoms. The zero-order chi connectivity index (χ0) is 25.4. The second kappa shape index (κ2) is 10.9. The monoisotopic (exact) mass is 581 g/mol. The third kappa shape index (κ3) is 5.80. The van der Waals surface area contributed by atoms with Crippen LogP contribution < -0.4 is 5.62 Å². The zero-order valence-corrected chi connectivity index (χ0v) is 25.8. The summed E-state index contributed by atoms with van der Waals surface area (Å²) in [6, 6.07) is 13.0. The van der Waals surface area contributed by atoms with Crippen molar-refractivity contribution in [2.45, 2.75) is 79.1 Å². The molecular weight excluding hydrogens is 545 g/mol. The molecule has 184 valence electrons. The van der Waals surface area contributed by atoms with Gasteiger partial charge in [-0.25, -0.2) is 0 Å². The molecule has 0 N–H and O–H groups in total. The molecule has 1 aromatic heterocycles. The molecular formula is C27H36Cl3GeN3. The van der Waals surface area contributed by atoms with Gasteiger partial charge in [0, 0.05) is 0 Å². The normalized spacial score (nSPS) is 12.4. The Balaban J connectivity index is 2.52. The number of hydrogen-bond acceptors (Lipinski definition) is 1. The van der Waals surface area contributed by atoms with E-state index in [1.807, 2.05) is 0 Å². The molecule has 3 aromatic rings. The van der Waals surface area contributed by atoms with E-state index in [-0.39, 0.29) is 0 Å². The van der Waals surface area contributed by atoms with Crippen molar-refractivity contribution in [1.82, 2.24) is 9.13 Å². The van der Waals surface area contributed by atoms with Gasteiger partial charge in [-0.15, -0.1) is 0 Å². The Kier molecular flexibility index (Phi) is 8.77. The molecule has 0 radical (unpaired) electrons. The van der Waals surface area contributed by atoms with Crippen LogP contribution in [0, 0.1) is 0 Å². The Hall–Kier alpha value is -1.14. The van der Waals surface area contributed by atoms with Gasteiger partial charge in [0.2, 0.25) is 0 Å². The van der Waals surface area contributed by atoms with Crippen LogP contribution in [-0.2, 0) is 0 Å². The van der Waals surface area contributed by atoms with Crippen LogP contribution in [0.25, 0.3) is 11.4 Å². The van der Waals surface area contributed by atoms with Crippen molar-refractivity contribution in [3.05, 3.63) is 76.7 Å². The fraction of sp³-hybridized carbons (Fsp3) is 0.444. The van der Waals surface area contributed by atoms with Crippen LogP contribution in [0.3, 0.4) is 0 Å². The summed E-state index contributed by atoms with van der Waals surface area (Å²) in [5, 5.41) is 0. The maximum atomic E-state index is 6.48. The Morgan fingerprint density at radius 3 is 1.12 bits per heavy atom. The number of benzene rings is 2. The van der Waals surface area contributed by atoms with Gasteiger partial charge >= 0.3 is 221 Å². The van der Waals surface area contributed by atoms with E-state index >= 15 is 0 Å². The molecule has 0 saturated heterocycles. The van der Waals surface area contributed by atoms with E-state index < -0.39 is 10.7 Å². The van der Waals surface area contributed by atoms with E-state index in [1.165, 1.54) is 22.3 Å². The predicted octanol–water partition coefficient (Wildman–Crippen LogP) is 8.81. The fourth-order valence-corrected chi connectivity index (χ4v) is 6.64. The minimum atomic E-state index is -3.92. The number of rotatable bonds is 7. The number of imidazole rings is 1. The quantitative estimate of drug-likeness (QED) is 0.249. The minimum absolute atomic E-state index is 0.334. The van der Waals surface area contributed by atoms with Crippen molar-refractivity contribution in [2.75, 3.05) is 0 Å². The van der Waals surface area contributed by atoms with Crippen LogP contribution in [0.5, 0.6) is 0 Å². The summed E-state index contributed by atoms with van der Waals surface area (Å²) in [4.78, 5) is 0. The van der Waals surface area contributed by atoms with Crippen LogP contribution in [0.2, 0.25) is 0 Å². The van der Waals surface area contributed by atoms with E-state index in [9.17, 15) is 0 Å². The molecule has 0 aliphatic rings. The van der Waals surface area contributed by atoms with E-state index in [0.29, 0.717) is 29.3 Å². The van der Waals surface area contributed by atoms with Gasteiger partial charge in [-0.05, 0) is 0 Å². The molecule has 0 unspecified atom stereocenters. The maximum absolute atomic E-state index is 6.48. The zero-order valence-electron chi connectivity index (χ0n) is 21.4. The van der Waals surface area contributed by atoms with E-state index in [1.54, 1.807) is 0 Å². The molecule has 0 aliphatic heterocycles. The Labute approximate surface area is 219 Å². The third-order valence-corrected chi connectivity index (χ3v) is 8.46. The van der Waals surface area contributed by atoms with Crippen molar-refractivity contribution in [1.29, 1.82) is 0 Å². The average molecular weight is 582 g/mol. The number of hydrogen-bond donors (Lipinski definition) is 0. The van der Waals surface area contributed by atoms with Crippen molar-refractivity contribution in [2.24, 2.45) is 3.95 Å². The first kappa shape index (κ1) is 27.5. The molecule has 0 fully saturated rings. The first-order valence-corrected chi connectivity index (χ1v) is 21.2. The first-order valence-electron chi connectivity index (χ1n) is 12.0. The SMILES string of the molecule is CC(C)c1cccc(C(C)C)c1-n1ccn(-c2c(C(C)C)cccc2C(C)C)c1=[N][Ge]([Cl])([Cl])[Cl]. The molecule has 0 atom stereocenters. The van der Waals surface area contributed by atoms with Gasteiger partial charge in [-0.1, -0.05) is 0 Å². The summed E-state index contributed by atoms with van der Waals surface area (Å²) in [6.45, 7) is 17.7. The standard InChI is InChI=1S/C27H36Cl3GeN3/c1-17(2)21-11-9-12-22(18(3)4)25(21)33-15-16-34(27(33)32-31(28,29)30)26-23(19(5)6)13-10-14-24(26)20(7)8/h9-20H,1-8H3. The van der Waals surface area contributed by atoms with E-state index in [2.05, 4.69) is 113 Å². The number of para-hydroxylation sites is 2. The topological polar surface area (TPSA) is 22.2 Å². The van der Waals surface area contributed by atoms with Gasteiger partial charge in [0.25, 0.3) is 0 Å². The number of nitrogens with zero attached hydrogens (tertiary/aromatic N) is 3. The van der Waals surface area contributed by atoms with Gasteiger partial charge in [0.1, 0.15) is 0 Å². The van der Waals surface area contributed by atoms with Crippen LogP contribution >= 0.6 is 30.0 Å². The van der Waals surface area contributed by atoms with Crippen LogP contribution in [0.15, 0.2) is 52.7 Å². The Morgan fingerprint density at radius 1 is 0.588 bits per heavy atom. The van der Waals surface area contributed by atoms with Crippen LogP contribution in [-0.4, -0.2) is 19.8 Å². The number of aromatic nitrogens is 2. The molecule has 7 heteroatoms. The second-order valence-electron chi connectivity index (χ2n) is 10.1. The van der Waals surface area contributed by atoms with Crippen molar-refractivity contribution in [3.8, 4) is 11.4 Å². The second-order valence-corrected chi connectivity index (χ2v) is 24.1. The molecule has 0 amide bonds. The molecule has 34 heavy (non-hydrogen) atoms. The average Bonchev–Trinajstić information content (AvgIpc) is 3.13. The summed E-state index contributed by atoms with van der Waals surface area (Å²) >= 11 is 0. The van der Waals surface area contributed by atoms with Gasteiger partial charge in [0.05, 0.1) is 0 Å². The van der Waals surface area contributed by atoms with Gasteiger partial charge in [-0.2, -0.15) is 0 Å². The van der Waals surface area contributed by atoms with Crippen LogP contribution in [0.1, 0.15) is 101 Å². The summed E-state index contributed by atoms with van der Waals surface area (Å²) in [6.07, 6.45) is 4.15. The first-order chi connectivity index (χ1) is 15.8. The van der Waals surface area contributed by atoms with Crippen molar-refractivity contribution in [3.63, 3.8) is 0 Å². The van der Waals surface area contributed by atoms with Gasteiger partial charge in [-0.3, -0.25) is 0 Å². The summed E-state index contributed by atoms with van der Waals surface area (Å²) in [5.74, 6) is 1.34. The summed E-state index contributed by atoms with van der Waals surface area (Å²) in [5.41, 5.74) is 7.95. The molecule has 3 rings (SSSR count). The molecule has 0 spiro atoms. The molecule has 3 nitrogen and oxygen atoms in total. The molecule has 0 aliphatic carbocycles. The molecule has 1 heterocycles.